The largest absolute Gasteiger partial charge is 0.399 e. The molecule has 0 bridgehead atoms. The molecule has 17 heavy (non-hydrogen) atoms. The van der Waals surface area contributed by atoms with Gasteiger partial charge in [0.25, 0.3) is 5.91 Å². The highest BCUT2D eigenvalue weighted by molar-refractivity contribution is 9.10. The second kappa shape index (κ2) is 5.93. The maximum atomic E-state index is 12.0. The molecule has 86 valence electrons. The molecule has 0 spiro atoms. The van der Waals surface area contributed by atoms with Gasteiger partial charge in [0.1, 0.15) is 6.54 Å². The zero-order valence-electron chi connectivity index (χ0n) is 8.98. The number of nitrogen functional groups attached to an aromatic ring is 1. The van der Waals surface area contributed by atoms with E-state index in [4.69, 9.17) is 17.4 Å². The van der Waals surface area contributed by atoms with Gasteiger partial charge in [0.15, 0.2) is 0 Å². The Balaban J connectivity index is 3.02. The van der Waals surface area contributed by atoms with Gasteiger partial charge in [0, 0.05) is 15.7 Å². The zero-order chi connectivity index (χ0) is 12.8. The summed E-state index contributed by atoms with van der Waals surface area (Å²) in [6.45, 7) is 0.0499. The lowest BCUT2D eigenvalue weighted by Crippen LogP contribution is -2.31. The molecule has 1 amide bonds. The van der Waals surface area contributed by atoms with E-state index in [-0.39, 0.29) is 19.0 Å². The molecule has 1 aromatic rings. The number of rotatable bonds is 3. The summed E-state index contributed by atoms with van der Waals surface area (Å²) >= 11 is 3.25. The van der Waals surface area contributed by atoms with E-state index in [1.54, 1.807) is 18.2 Å². The van der Waals surface area contributed by atoms with E-state index in [1.807, 2.05) is 6.07 Å². The first-order valence-corrected chi connectivity index (χ1v) is 5.53. The van der Waals surface area contributed by atoms with Gasteiger partial charge in [0.2, 0.25) is 0 Å². The standard InChI is InChI=1S/C12H10BrN3O/c1-2-4-16(5-3-14)12(17)9-6-10(13)8-11(15)7-9/h1,6-8H,4-5,15H2. The molecule has 0 fully saturated rings. The highest BCUT2D eigenvalue weighted by atomic mass is 79.9. The first-order chi connectivity index (χ1) is 8.08. The number of hydrogen-bond donors (Lipinski definition) is 1. The smallest absolute Gasteiger partial charge is 0.255 e. The molecule has 2 N–H and O–H groups in total. The number of nitrogens with two attached hydrogens (primary N) is 1. The van der Waals surface area contributed by atoms with Crippen molar-refractivity contribution in [1.29, 1.82) is 5.26 Å². The van der Waals surface area contributed by atoms with Crippen LogP contribution in [0, 0.1) is 23.7 Å². The van der Waals surface area contributed by atoms with Crippen molar-refractivity contribution in [1.82, 2.24) is 4.90 Å². The van der Waals surface area contributed by atoms with Crippen LogP contribution < -0.4 is 5.73 Å². The minimum Gasteiger partial charge on any atom is -0.399 e. The summed E-state index contributed by atoms with van der Waals surface area (Å²) in [7, 11) is 0. The number of halogens is 1. The highest BCUT2D eigenvalue weighted by Gasteiger charge is 2.15. The Morgan fingerprint density at radius 3 is 2.71 bits per heavy atom. The van der Waals surface area contributed by atoms with Crippen LogP contribution in [0.15, 0.2) is 22.7 Å². The van der Waals surface area contributed by atoms with E-state index in [0.717, 1.165) is 0 Å². The second-order valence-corrected chi connectivity index (χ2v) is 4.21. The molecule has 0 aliphatic carbocycles. The van der Waals surface area contributed by atoms with Gasteiger partial charge in [-0.2, -0.15) is 5.26 Å². The van der Waals surface area contributed by atoms with Gasteiger partial charge < -0.3 is 10.6 Å². The molecule has 5 heteroatoms. The molecule has 0 heterocycles. The van der Waals surface area contributed by atoms with Gasteiger partial charge in [-0.15, -0.1) is 6.42 Å². The first-order valence-electron chi connectivity index (χ1n) is 4.74. The Morgan fingerprint density at radius 1 is 1.47 bits per heavy atom. The van der Waals surface area contributed by atoms with Crippen molar-refractivity contribution in [2.24, 2.45) is 0 Å². The number of carbonyl (C=O) groups is 1. The van der Waals surface area contributed by atoms with Crippen molar-refractivity contribution in [2.45, 2.75) is 0 Å². The third-order valence-corrected chi connectivity index (χ3v) is 2.46. The van der Waals surface area contributed by atoms with Crippen molar-refractivity contribution in [2.75, 3.05) is 18.8 Å². The average molecular weight is 292 g/mol. The Labute approximate surface area is 108 Å². The second-order valence-electron chi connectivity index (χ2n) is 3.30. The van der Waals surface area contributed by atoms with Crippen molar-refractivity contribution >= 4 is 27.5 Å². The van der Waals surface area contributed by atoms with Crippen molar-refractivity contribution in [3.05, 3.63) is 28.2 Å². The Bertz CT molecular complexity index is 477. The summed E-state index contributed by atoms with van der Waals surface area (Å²) in [5, 5.41) is 8.62. The van der Waals surface area contributed by atoms with Gasteiger partial charge in [-0.1, -0.05) is 21.9 Å². The normalized spacial score (nSPS) is 9.12. The summed E-state index contributed by atoms with van der Waals surface area (Å²) in [5.74, 6) is 2.04. The molecule has 0 atom stereocenters. The number of nitriles is 1. The molecular weight excluding hydrogens is 282 g/mol. The number of anilines is 1. The van der Waals surface area contributed by atoms with Crippen molar-refractivity contribution in [3.63, 3.8) is 0 Å². The van der Waals surface area contributed by atoms with Gasteiger partial charge >= 0.3 is 0 Å². The third-order valence-electron chi connectivity index (χ3n) is 2.00. The predicted molar refractivity (Wildman–Crippen MR) is 68.9 cm³/mol. The van der Waals surface area contributed by atoms with E-state index >= 15 is 0 Å². The first kappa shape index (κ1) is 13.1. The SMILES string of the molecule is C#CCN(CC#N)C(=O)c1cc(N)cc(Br)c1. The number of amides is 1. The van der Waals surface area contributed by atoms with Crippen LogP contribution >= 0.6 is 15.9 Å². The lowest BCUT2D eigenvalue weighted by molar-refractivity contribution is 0.0795. The maximum Gasteiger partial charge on any atom is 0.255 e. The van der Waals surface area contributed by atoms with Gasteiger partial charge in [-0.25, -0.2) is 0 Å². The number of benzene rings is 1. The fourth-order valence-electron chi connectivity index (χ4n) is 1.31. The lowest BCUT2D eigenvalue weighted by Gasteiger charge is -2.16. The van der Waals surface area contributed by atoms with Crippen LogP contribution in [-0.2, 0) is 0 Å². The molecule has 0 unspecified atom stereocenters. The van der Waals surface area contributed by atoms with Crippen LogP contribution in [0.1, 0.15) is 10.4 Å². The topological polar surface area (TPSA) is 70.1 Å². The van der Waals surface area contributed by atoms with E-state index < -0.39 is 0 Å². The molecule has 0 saturated carbocycles. The predicted octanol–water partition coefficient (Wildman–Crippen LogP) is 1.63. The fraction of sp³-hybridized carbons (Fsp3) is 0.167. The minimum atomic E-state index is -0.308. The van der Waals surface area contributed by atoms with Crippen LogP contribution in [0.2, 0.25) is 0 Å². The molecule has 0 radical (unpaired) electrons. The van der Waals surface area contributed by atoms with Crippen molar-refractivity contribution in [3.8, 4) is 18.4 Å². The van der Waals surface area contributed by atoms with Crippen LogP contribution in [0.3, 0.4) is 0 Å². The van der Waals surface area contributed by atoms with Crippen LogP contribution in [0.4, 0.5) is 5.69 Å². The molecule has 0 aliphatic heterocycles. The Hall–Kier alpha value is -1.98. The molecule has 0 aliphatic rings. The van der Waals surface area contributed by atoms with Crippen molar-refractivity contribution < 1.29 is 4.79 Å². The summed E-state index contributed by atoms with van der Waals surface area (Å²) < 4.78 is 0.707. The van der Waals surface area contributed by atoms with Gasteiger partial charge in [-0.3, -0.25) is 4.79 Å². The van der Waals surface area contributed by atoms with Crippen LogP contribution in [0.25, 0.3) is 0 Å². The molecular formula is C12H10BrN3O. The molecule has 4 nitrogen and oxygen atoms in total. The van der Waals surface area contributed by atoms with Crippen LogP contribution in [0.5, 0.6) is 0 Å². The Kier molecular flexibility index (Phi) is 4.56. The number of hydrogen-bond acceptors (Lipinski definition) is 3. The average Bonchev–Trinajstić information content (AvgIpc) is 2.26. The summed E-state index contributed by atoms with van der Waals surface area (Å²) in [6.07, 6.45) is 5.15. The van der Waals surface area contributed by atoms with E-state index in [1.165, 1.54) is 4.90 Å². The van der Waals surface area contributed by atoms with Gasteiger partial charge in [0.05, 0.1) is 12.6 Å². The van der Waals surface area contributed by atoms with Gasteiger partial charge in [-0.05, 0) is 18.2 Å². The highest BCUT2D eigenvalue weighted by Crippen LogP contribution is 2.18. The van der Waals surface area contributed by atoms with E-state index in [9.17, 15) is 4.79 Å². The summed E-state index contributed by atoms with van der Waals surface area (Å²) in [6, 6.07) is 6.77. The molecule has 0 saturated heterocycles. The molecule has 1 rings (SSSR count). The molecule has 1 aromatic carbocycles. The number of carbonyl (C=O) groups excluding carboxylic acids is 1. The van der Waals surface area contributed by atoms with E-state index in [2.05, 4.69) is 21.9 Å². The third kappa shape index (κ3) is 3.51. The van der Waals surface area contributed by atoms with Crippen LogP contribution in [-0.4, -0.2) is 23.9 Å². The molecule has 0 aromatic heterocycles. The summed E-state index contributed by atoms with van der Waals surface area (Å²) in [5.41, 5.74) is 6.52. The summed E-state index contributed by atoms with van der Waals surface area (Å²) in [4.78, 5) is 13.3. The fourth-order valence-corrected chi connectivity index (χ4v) is 1.82. The minimum absolute atomic E-state index is 0.0462. The van der Waals surface area contributed by atoms with E-state index in [0.29, 0.717) is 15.7 Å². The monoisotopic (exact) mass is 291 g/mol. The quantitative estimate of drug-likeness (QED) is 0.523. The lowest BCUT2D eigenvalue weighted by atomic mass is 10.2. The Morgan fingerprint density at radius 2 is 2.18 bits per heavy atom. The number of nitrogens with zero attached hydrogens (tertiary/aromatic N) is 2. The number of terminal acetylenes is 1. The maximum absolute atomic E-state index is 12.0. The zero-order valence-corrected chi connectivity index (χ0v) is 10.6.